The maximum absolute atomic E-state index is 5.98. The van der Waals surface area contributed by atoms with Gasteiger partial charge in [0.1, 0.15) is 0 Å². The van der Waals surface area contributed by atoms with E-state index in [0.717, 1.165) is 30.7 Å². The van der Waals surface area contributed by atoms with Crippen molar-refractivity contribution >= 4 is 11.6 Å². The van der Waals surface area contributed by atoms with Crippen LogP contribution in [-0.4, -0.2) is 23.4 Å². The van der Waals surface area contributed by atoms with Crippen LogP contribution in [-0.2, 0) is 6.54 Å². The molecule has 0 spiro atoms. The van der Waals surface area contributed by atoms with E-state index in [2.05, 4.69) is 49.1 Å². The van der Waals surface area contributed by atoms with Crippen LogP contribution in [0.1, 0.15) is 32.3 Å². The van der Waals surface area contributed by atoms with E-state index in [1.807, 2.05) is 0 Å². The van der Waals surface area contributed by atoms with Gasteiger partial charge >= 0.3 is 0 Å². The molecule has 1 aromatic rings. The van der Waals surface area contributed by atoms with Crippen LogP contribution < -0.4 is 0 Å². The molecule has 3 atom stereocenters. The molecule has 1 aromatic carbocycles. The minimum atomic E-state index is 0.652. The second kappa shape index (κ2) is 6.58. The number of nitrogens with zero attached hydrogens (tertiary/aromatic N) is 1. The van der Waals surface area contributed by atoms with Crippen LogP contribution in [0.3, 0.4) is 0 Å². The molecule has 1 heterocycles. The Kier molecular flexibility index (Phi) is 5.08. The number of hydrogen-bond acceptors (Lipinski definition) is 1. The summed E-state index contributed by atoms with van der Waals surface area (Å²) in [6, 6.07) is 11.4. The summed E-state index contributed by atoms with van der Waals surface area (Å²) < 4.78 is 0. The molecule has 0 amide bonds. The van der Waals surface area contributed by atoms with E-state index in [0.29, 0.717) is 6.04 Å². The minimum absolute atomic E-state index is 0.652. The van der Waals surface area contributed by atoms with Crippen LogP contribution in [0.15, 0.2) is 30.3 Å². The Balaban J connectivity index is 2.06. The molecule has 18 heavy (non-hydrogen) atoms. The molecule has 1 fully saturated rings. The highest BCUT2D eigenvalue weighted by Crippen LogP contribution is 2.30. The quantitative estimate of drug-likeness (QED) is 0.739. The summed E-state index contributed by atoms with van der Waals surface area (Å²) in [6.07, 6.45) is 2.45. The Morgan fingerprint density at radius 3 is 2.61 bits per heavy atom. The van der Waals surface area contributed by atoms with Crippen molar-refractivity contribution in [3.8, 4) is 0 Å². The molecule has 1 aliphatic heterocycles. The van der Waals surface area contributed by atoms with Gasteiger partial charge in [0.2, 0.25) is 0 Å². The van der Waals surface area contributed by atoms with Crippen LogP contribution in [0.2, 0.25) is 0 Å². The first kappa shape index (κ1) is 13.9. The average Bonchev–Trinajstić information content (AvgIpc) is 2.35. The van der Waals surface area contributed by atoms with Gasteiger partial charge in [-0.3, -0.25) is 4.90 Å². The third-order valence-corrected chi connectivity index (χ3v) is 4.30. The number of rotatable bonds is 4. The first-order valence-electron chi connectivity index (χ1n) is 7.04. The van der Waals surface area contributed by atoms with E-state index in [-0.39, 0.29) is 0 Å². The summed E-state index contributed by atoms with van der Waals surface area (Å²) in [5, 5.41) is 0. The lowest BCUT2D eigenvalue weighted by Crippen LogP contribution is -2.47. The first-order valence-corrected chi connectivity index (χ1v) is 7.58. The SMILES string of the molecule is CC1CC(C)C(CCCl)N(Cc2ccccc2)C1. The average molecular weight is 266 g/mol. The molecule has 3 unspecified atom stereocenters. The van der Waals surface area contributed by atoms with Gasteiger partial charge in [0.25, 0.3) is 0 Å². The molecule has 1 saturated heterocycles. The maximum atomic E-state index is 5.98. The molecule has 0 radical (unpaired) electrons. The normalized spacial score (nSPS) is 29.4. The highest BCUT2D eigenvalue weighted by Gasteiger charge is 2.31. The Hall–Kier alpha value is -0.530. The van der Waals surface area contributed by atoms with Gasteiger partial charge in [-0.2, -0.15) is 0 Å². The summed E-state index contributed by atoms with van der Waals surface area (Å²) in [5.74, 6) is 2.33. The van der Waals surface area contributed by atoms with Gasteiger partial charge in [0, 0.05) is 25.0 Å². The Morgan fingerprint density at radius 2 is 1.94 bits per heavy atom. The second-order valence-electron chi connectivity index (χ2n) is 5.78. The third kappa shape index (κ3) is 3.49. The summed E-state index contributed by atoms with van der Waals surface area (Å²) in [7, 11) is 0. The third-order valence-electron chi connectivity index (χ3n) is 4.08. The summed E-state index contributed by atoms with van der Waals surface area (Å²) in [5.41, 5.74) is 1.42. The van der Waals surface area contributed by atoms with Crippen LogP contribution in [0.5, 0.6) is 0 Å². The lowest BCUT2D eigenvalue weighted by Gasteiger charge is -2.43. The van der Waals surface area contributed by atoms with Crippen molar-refractivity contribution in [1.29, 1.82) is 0 Å². The molecule has 2 rings (SSSR count). The van der Waals surface area contributed by atoms with Gasteiger partial charge in [-0.25, -0.2) is 0 Å². The molecule has 0 aliphatic carbocycles. The number of hydrogen-bond donors (Lipinski definition) is 0. The van der Waals surface area contributed by atoms with Crippen molar-refractivity contribution in [3.63, 3.8) is 0 Å². The standard InChI is InChI=1S/C16H24ClN/c1-13-10-14(2)16(8-9-17)18(11-13)12-15-6-4-3-5-7-15/h3-7,13-14,16H,8-12H2,1-2H3. The molecule has 1 aliphatic rings. The zero-order valence-corrected chi connectivity index (χ0v) is 12.2. The van der Waals surface area contributed by atoms with Gasteiger partial charge in [0.05, 0.1) is 0 Å². The number of piperidine rings is 1. The van der Waals surface area contributed by atoms with E-state index >= 15 is 0 Å². The van der Waals surface area contributed by atoms with Crippen LogP contribution in [0.4, 0.5) is 0 Å². The fraction of sp³-hybridized carbons (Fsp3) is 0.625. The van der Waals surface area contributed by atoms with E-state index in [9.17, 15) is 0 Å². The lowest BCUT2D eigenvalue weighted by molar-refractivity contribution is 0.0598. The predicted molar refractivity (Wildman–Crippen MR) is 78.9 cm³/mol. The Labute approximate surface area is 116 Å². The van der Waals surface area contributed by atoms with Crippen molar-refractivity contribution in [2.45, 2.75) is 39.3 Å². The largest absolute Gasteiger partial charge is 0.296 e. The van der Waals surface area contributed by atoms with Gasteiger partial charge < -0.3 is 0 Å². The van der Waals surface area contributed by atoms with Crippen molar-refractivity contribution in [3.05, 3.63) is 35.9 Å². The summed E-state index contributed by atoms with van der Waals surface area (Å²) >= 11 is 5.98. The van der Waals surface area contributed by atoms with Crippen molar-refractivity contribution < 1.29 is 0 Å². The monoisotopic (exact) mass is 265 g/mol. The molecule has 2 heteroatoms. The molecular weight excluding hydrogens is 242 g/mol. The van der Waals surface area contributed by atoms with Crippen LogP contribution in [0.25, 0.3) is 0 Å². The Morgan fingerprint density at radius 1 is 1.22 bits per heavy atom. The van der Waals surface area contributed by atoms with Crippen LogP contribution >= 0.6 is 11.6 Å². The highest BCUT2D eigenvalue weighted by molar-refractivity contribution is 6.17. The molecule has 0 bridgehead atoms. The zero-order valence-electron chi connectivity index (χ0n) is 11.5. The van der Waals surface area contributed by atoms with Crippen molar-refractivity contribution in [1.82, 2.24) is 4.90 Å². The van der Waals surface area contributed by atoms with E-state index < -0.39 is 0 Å². The summed E-state index contributed by atoms with van der Waals surface area (Å²) in [6.45, 7) is 7.02. The highest BCUT2D eigenvalue weighted by atomic mass is 35.5. The van der Waals surface area contributed by atoms with Gasteiger partial charge in [-0.05, 0) is 30.2 Å². The molecule has 0 saturated carbocycles. The molecule has 100 valence electrons. The number of likely N-dealkylation sites (tertiary alicyclic amines) is 1. The van der Waals surface area contributed by atoms with Crippen molar-refractivity contribution in [2.24, 2.45) is 11.8 Å². The van der Waals surface area contributed by atoms with Gasteiger partial charge in [0.15, 0.2) is 0 Å². The second-order valence-corrected chi connectivity index (χ2v) is 6.16. The lowest BCUT2D eigenvalue weighted by atomic mass is 9.83. The first-order chi connectivity index (χ1) is 8.70. The van der Waals surface area contributed by atoms with E-state index in [1.54, 1.807) is 0 Å². The van der Waals surface area contributed by atoms with Gasteiger partial charge in [-0.15, -0.1) is 11.6 Å². The number of alkyl halides is 1. The van der Waals surface area contributed by atoms with Gasteiger partial charge in [-0.1, -0.05) is 44.2 Å². The summed E-state index contributed by atoms with van der Waals surface area (Å²) in [4.78, 5) is 2.64. The number of benzene rings is 1. The smallest absolute Gasteiger partial charge is 0.0238 e. The molecule has 1 nitrogen and oxygen atoms in total. The van der Waals surface area contributed by atoms with E-state index in [1.165, 1.54) is 18.5 Å². The predicted octanol–water partition coefficient (Wildman–Crippen LogP) is 4.16. The Bertz CT molecular complexity index is 351. The fourth-order valence-electron chi connectivity index (χ4n) is 3.34. The zero-order chi connectivity index (χ0) is 13.0. The minimum Gasteiger partial charge on any atom is -0.296 e. The maximum Gasteiger partial charge on any atom is 0.0238 e. The topological polar surface area (TPSA) is 3.24 Å². The molecule has 0 N–H and O–H groups in total. The molecule has 0 aromatic heterocycles. The van der Waals surface area contributed by atoms with Crippen LogP contribution in [0, 0.1) is 11.8 Å². The number of halogens is 1. The fourth-order valence-corrected chi connectivity index (χ4v) is 3.56. The van der Waals surface area contributed by atoms with E-state index in [4.69, 9.17) is 11.6 Å². The van der Waals surface area contributed by atoms with Crippen molar-refractivity contribution in [2.75, 3.05) is 12.4 Å². The molecular formula is C16H24ClN.